The molecule has 3 aliphatic rings. The number of alkyl halides is 2. The second-order valence-corrected chi connectivity index (χ2v) is 11.2. The third-order valence-electron chi connectivity index (χ3n) is 9.26. The van der Waals surface area contributed by atoms with E-state index in [0.717, 1.165) is 50.0 Å². The van der Waals surface area contributed by atoms with E-state index in [2.05, 4.69) is 12.7 Å². The molecule has 0 aromatic heterocycles. The van der Waals surface area contributed by atoms with E-state index in [-0.39, 0.29) is 18.2 Å². The standard InChI is InChI=1S/C29H41F3/c1-3-21-5-10-23(11-6-21)24-14-16-27(17-15-24)29(31,32)19-22-7-12-25(13-8-22)26-9-4-20(2)28(30)18-26/h3-4,9,18,21-25,27H,1,5-8,10-17,19H2,2H3. The summed E-state index contributed by atoms with van der Waals surface area (Å²) >= 11 is 0. The van der Waals surface area contributed by atoms with Crippen molar-refractivity contribution in [1.29, 1.82) is 0 Å². The van der Waals surface area contributed by atoms with E-state index in [0.29, 0.717) is 36.2 Å². The molecule has 0 aliphatic heterocycles. The van der Waals surface area contributed by atoms with Crippen LogP contribution >= 0.6 is 0 Å². The van der Waals surface area contributed by atoms with Crippen molar-refractivity contribution in [3.63, 3.8) is 0 Å². The van der Waals surface area contributed by atoms with Gasteiger partial charge in [0.1, 0.15) is 5.82 Å². The maximum atomic E-state index is 15.2. The minimum absolute atomic E-state index is 0.0573. The summed E-state index contributed by atoms with van der Waals surface area (Å²) in [4.78, 5) is 0. The van der Waals surface area contributed by atoms with Crippen LogP contribution in [0.1, 0.15) is 101 Å². The molecule has 1 aromatic carbocycles. The van der Waals surface area contributed by atoms with Gasteiger partial charge in [0.05, 0.1) is 0 Å². The van der Waals surface area contributed by atoms with Gasteiger partial charge in [-0.3, -0.25) is 0 Å². The first kappa shape index (κ1) is 23.9. The van der Waals surface area contributed by atoms with Gasteiger partial charge in [-0.25, -0.2) is 13.2 Å². The van der Waals surface area contributed by atoms with Crippen molar-refractivity contribution < 1.29 is 13.2 Å². The number of aryl methyl sites for hydroxylation is 1. The molecule has 0 saturated heterocycles. The summed E-state index contributed by atoms with van der Waals surface area (Å²) < 4.78 is 44.4. The summed E-state index contributed by atoms with van der Waals surface area (Å²) in [6, 6.07) is 5.50. The first-order valence-electron chi connectivity index (χ1n) is 13.1. The molecule has 0 nitrogen and oxygen atoms in total. The first-order chi connectivity index (χ1) is 15.4. The van der Waals surface area contributed by atoms with Gasteiger partial charge in [0.15, 0.2) is 0 Å². The minimum Gasteiger partial charge on any atom is -0.207 e. The number of hydrogen-bond donors (Lipinski definition) is 0. The maximum absolute atomic E-state index is 15.2. The van der Waals surface area contributed by atoms with Crippen LogP contribution in [0.2, 0.25) is 0 Å². The van der Waals surface area contributed by atoms with Crippen molar-refractivity contribution in [2.75, 3.05) is 0 Å². The zero-order valence-electron chi connectivity index (χ0n) is 19.8. The van der Waals surface area contributed by atoms with Crippen molar-refractivity contribution in [3.8, 4) is 0 Å². The topological polar surface area (TPSA) is 0 Å². The summed E-state index contributed by atoms with van der Waals surface area (Å²) in [6.07, 6.45) is 14.1. The van der Waals surface area contributed by atoms with Crippen LogP contribution in [0.25, 0.3) is 0 Å². The highest BCUT2D eigenvalue weighted by Gasteiger charge is 2.44. The molecule has 4 rings (SSSR count). The number of halogens is 3. The molecule has 3 fully saturated rings. The fourth-order valence-corrected chi connectivity index (χ4v) is 6.98. The third kappa shape index (κ3) is 5.62. The normalized spacial score (nSPS) is 34.2. The Bertz CT molecular complexity index is 746. The Morgan fingerprint density at radius 1 is 0.875 bits per heavy atom. The Kier molecular flexibility index (Phi) is 7.73. The molecule has 0 unspecified atom stereocenters. The molecule has 0 atom stereocenters. The van der Waals surface area contributed by atoms with E-state index < -0.39 is 11.8 Å². The van der Waals surface area contributed by atoms with Crippen molar-refractivity contribution >= 4 is 0 Å². The Labute approximate surface area is 193 Å². The Morgan fingerprint density at radius 2 is 1.47 bits per heavy atom. The molecule has 0 bridgehead atoms. The fraction of sp³-hybridized carbons (Fsp3) is 0.724. The lowest BCUT2D eigenvalue weighted by molar-refractivity contribution is -0.0978. The first-order valence-corrected chi connectivity index (χ1v) is 13.1. The molecule has 0 spiro atoms. The van der Waals surface area contributed by atoms with Crippen LogP contribution in [0, 0.1) is 42.3 Å². The number of allylic oxidation sites excluding steroid dienone is 1. The van der Waals surface area contributed by atoms with Gasteiger partial charge in [-0.15, -0.1) is 6.58 Å². The fourth-order valence-electron chi connectivity index (χ4n) is 6.98. The predicted octanol–water partition coefficient (Wildman–Crippen LogP) is 9.23. The van der Waals surface area contributed by atoms with E-state index in [9.17, 15) is 4.39 Å². The molecule has 0 radical (unpaired) electrons. The van der Waals surface area contributed by atoms with Crippen molar-refractivity contribution in [3.05, 3.63) is 47.8 Å². The average molecular weight is 447 g/mol. The smallest absolute Gasteiger partial charge is 0.207 e. The minimum atomic E-state index is -2.53. The van der Waals surface area contributed by atoms with Crippen molar-refractivity contribution in [2.45, 2.75) is 102 Å². The number of hydrogen-bond acceptors (Lipinski definition) is 0. The van der Waals surface area contributed by atoms with Crippen LogP contribution in [0.15, 0.2) is 30.9 Å². The highest BCUT2D eigenvalue weighted by Crippen LogP contribution is 2.48. The van der Waals surface area contributed by atoms with Gasteiger partial charge < -0.3 is 0 Å². The molecule has 32 heavy (non-hydrogen) atoms. The van der Waals surface area contributed by atoms with E-state index in [1.165, 1.54) is 25.7 Å². The SMILES string of the molecule is C=CC1CCC(C2CCC(C(F)(F)CC3CCC(c4ccc(C)c(F)c4)CC3)CC2)CC1. The molecule has 0 amide bonds. The van der Waals surface area contributed by atoms with Crippen LogP contribution in [0.4, 0.5) is 13.2 Å². The van der Waals surface area contributed by atoms with E-state index in [1.807, 2.05) is 12.1 Å². The zero-order chi connectivity index (χ0) is 22.7. The molecule has 3 saturated carbocycles. The van der Waals surface area contributed by atoms with E-state index in [4.69, 9.17) is 0 Å². The molecular weight excluding hydrogens is 405 g/mol. The summed E-state index contributed by atoms with van der Waals surface area (Å²) in [5.74, 6) is -0.579. The predicted molar refractivity (Wildman–Crippen MR) is 126 cm³/mol. The highest BCUT2D eigenvalue weighted by atomic mass is 19.3. The molecular formula is C29H41F3. The van der Waals surface area contributed by atoms with Gasteiger partial charge >= 0.3 is 0 Å². The lowest BCUT2D eigenvalue weighted by Crippen LogP contribution is -2.36. The van der Waals surface area contributed by atoms with Gasteiger partial charge in [-0.1, -0.05) is 18.2 Å². The van der Waals surface area contributed by atoms with Gasteiger partial charge in [-0.05, 0) is 131 Å². The maximum Gasteiger partial charge on any atom is 0.251 e. The lowest BCUT2D eigenvalue weighted by Gasteiger charge is -2.40. The second-order valence-electron chi connectivity index (χ2n) is 11.2. The molecule has 3 aliphatic carbocycles. The second kappa shape index (κ2) is 10.3. The molecule has 1 aromatic rings. The third-order valence-corrected chi connectivity index (χ3v) is 9.26. The zero-order valence-corrected chi connectivity index (χ0v) is 19.8. The van der Waals surface area contributed by atoms with Crippen LogP contribution in [-0.2, 0) is 0 Å². The molecule has 178 valence electrons. The van der Waals surface area contributed by atoms with Gasteiger partial charge in [0, 0.05) is 12.3 Å². The van der Waals surface area contributed by atoms with Crippen molar-refractivity contribution in [1.82, 2.24) is 0 Å². The van der Waals surface area contributed by atoms with E-state index >= 15 is 8.78 Å². The summed E-state index contributed by atoms with van der Waals surface area (Å²) in [6.45, 7) is 5.71. The highest BCUT2D eigenvalue weighted by molar-refractivity contribution is 5.26. The van der Waals surface area contributed by atoms with Crippen LogP contribution in [0.3, 0.4) is 0 Å². The average Bonchev–Trinajstić information content (AvgIpc) is 2.81. The lowest BCUT2D eigenvalue weighted by atomic mass is 9.67. The summed E-state index contributed by atoms with van der Waals surface area (Å²) in [7, 11) is 0. The Balaban J connectivity index is 1.23. The monoisotopic (exact) mass is 446 g/mol. The molecule has 0 N–H and O–H groups in total. The summed E-state index contributed by atoms with van der Waals surface area (Å²) in [5, 5.41) is 0. The summed E-state index contributed by atoms with van der Waals surface area (Å²) in [5.41, 5.74) is 1.71. The van der Waals surface area contributed by atoms with Crippen molar-refractivity contribution in [2.24, 2.45) is 29.6 Å². The molecule has 0 heterocycles. The molecule has 3 heteroatoms. The van der Waals surface area contributed by atoms with Gasteiger partial charge in [-0.2, -0.15) is 0 Å². The van der Waals surface area contributed by atoms with E-state index in [1.54, 1.807) is 13.0 Å². The number of rotatable bonds is 6. The van der Waals surface area contributed by atoms with Crippen LogP contribution in [-0.4, -0.2) is 5.92 Å². The Hall–Kier alpha value is -1.25. The van der Waals surface area contributed by atoms with Crippen LogP contribution < -0.4 is 0 Å². The van der Waals surface area contributed by atoms with Gasteiger partial charge in [0.2, 0.25) is 0 Å². The quantitative estimate of drug-likeness (QED) is 0.382. The number of benzene rings is 1. The van der Waals surface area contributed by atoms with Crippen LogP contribution in [0.5, 0.6) is 0 Å². The van der Waals surface area contributed by atoms with Gasteiger partial charge in [0.25, 0.3) is 5.92 Å². The Morgan fingerprint density at radius 3 is 2.03 bits per heavy atom. The largest absolute Gasteiger partial charge is 0.251 e.